The quantitative estimate of drug-likeness (QED) is 0.510. The molecule has 1 unspecified atom stereocenters. The topological polar surface area (TPSA) is 0 Å². The molecule has 0 aromatic carbocycles. The molecule has 0 heterocycles. The van der Waals surface area contributed by atoms with Crippen molar-refractivity contribution >= 4 is 0 Å². The molecule has 0 aromatic rings. The van der Waals surface area contributed by atoms with Crippen LogP contribution < -0.4 is 0 Å². The monoisotopic (exact) mass is 218 g/mol. The molecule has 0 bridgehead atoms. The molecule has 0 radical (unpaired) electrons. The van der Waals surface area contributed by atoms with Crippen LogP contribution in [0.5, 0.6) is 0 Å². The van der Waals surface area contributed by atoms with Crippen molar-refractivity contribution in [3.63, 3.8) is 0 Å². The van der Waals surface area contributed by atoms with Gasteiger partial charge < -0.3 is 0 Å². The van der Waals surface area contributed by atoms with Crippen molar-refractivity contribution in [2.45, 2.75) is 71.1 Å². The molecule has 2 aliphatic carbocycles. The van der Waals surface area contributed by atoms with Crippen LogP contribution >= 0.6 is 0 Å². The minimum absolute atomic E-state index is 0.734. The third kappa shape index (κ3) is 3.23. The van der Waals surface area contributed by atoms with E-state index >= 15 is 0 Å². The molecule has 0 N–H and O–H groups in total. The lowest BCUT2D eigenvalue weighted by Gasteiger charge is -2.13. The summed E-state index contributed by atoms with van der Waals surface area (Å²) in [5.74, 6) is 0.734. The maximum Gasteiger partial charge on any atom is -0.00426 e. The number of rotatable bonds is 0. The van der Waals surface area contributed by atoms with Crippen LogP contribution in [0.1, 0.15) is 71.1 Å². The van der Waals surface area contributed by atoms with Gasteiger partial charge in [0.15, 0.2) is 0 Å². The van der Waals surface area contributed by atoms with E-state index in [1.165, 1.54) is 64.2 Å². The van der Waals surface area contributed by atoms with Crippen molar-refractivity contribution in [2.75, 3.05) is 0 Å². The normalized spacial score (nSPS) is 28.4. The van der Waals surface area contributed by atoms with Gasteiger partial charge in [0.2, 0.25) is 0 Å². The lowest BCUT2D eigenvalue weighted by molar-refractivity contribution is 0.554. The Hall–Kier alpha value is -0.520. The SMILES string of the molecule is CC1C=CC2=C1CCCCCCCCCC2. The molecule has 2 rings (SSSR count). The van der Waals surface area contributed by atoms with Gasteiger partial charge in [0.05, 0.1) is 0 Å². The van der Waals surface area contributed by atoms with Crippen LogP contribution in [-0.2, 0) is 0 Å². The predicted molar refractivity (Wildman–Crippen MR) is 71.5 cm³/mol. The molecule has 0 spiro atoms. The summed E-state index contributed by atoms with van der Waals surface area (Å²) in [5.41, 5.74) is 3.45. The molecule has 0 saturated heterocycles. The summed E-state index contributed by atoms with van der Waals surface area (Å²) in [6, 6.07) is 0. The van der Waals surface area contributed by atoms with Crippen molar-refractivity contribution in [1.82, 2.24) is 0 Å². The van der Waals surface area contributed by atoms with Gasteiger partial charge in [-0.2, -0.15) is 0 Å². The minimum atomic E-state index is 0.734. The highest BCUT2D eigenvalue weighted by Gasteiger charge is 2.15. The average molecular weight is 218 g/mol. The van der Waals surface area contributed by atoms with Crippen LogP contribution in [0, 0.1) is 5.92 Å². The number of hydrogen-bond donors (Lipinski definition) is 0. The van der Waals surface area contributed by atoms with E-state index in [0.29, 0.717) is 0 Å². The van der Waals surface area contributed by atoms with Gasteiger partial charge in [-0.3, -0.25) is 0 Å². The van der Waals surface area contributed by atoms with Gasteiger partial charge in [-0.1, -0.05) is 63.2 Å². The molecular formula is C16H26. The van der Waals surface area contributed by atoms with E-state index < -0.39 is 0 Å². The largest absolute Gasteiger partial charge is 0.0773 e. The van der Waals surface area contributed by atoms with E-state index in [1.54, 1.807) is 11.1 Å². The zero-order valence-corrected chi connectivity index (χ0v) is 10.8. The molecule has 0 amide bonds. The highest BCUT2D eigenvalue weighted by molar-refractivity contribution is 5.36. The zero-order chi connectivity index (χ0) is 11.2. The Kier molecular flexibility index (Phi) is 4.69. The third-order valence-corrected chi connectivity index (χ3v) is 4.19. The minimum Gasteiger partial charge on any atom is -0.0773 e. The Balaban J connectivity index is 1.95. The Labute approximate surface area is 101 Å². The van der Waals surface area contributed by atoms with Gasteiger partial charge >= 0.3 is 0 Å². The first-order valence-corrected chi connectivity index (χ1v) is 7.28. The fourth-order valence-electron chi connectivity index (χ4n) is 3.10. The lowest BCUT2D eigenvalue weighted by Crippen LogP contribution is -1.96. The summed E-state index contributed by atoms with van der Waals surface area (Å²) in [4.78, 5) is 0. The smallest absolute Gasteiger partial charge is 0.00426 e. The van der Waals surface area contributed by atoms with Crippen molar-refractivity contribution in [3.8, 4) is 0 Å². The van der Waals surface area contributed by atoms with Crippen LogP contribution in [-0.4, -0.2) is 0 Å². The van der Waals surface area contributed by atoms with E-state index in [-0.39, 0.29) is 0 Å². The zero-order valence-electron chi connectivity index (χ0n) is 10.8. The van der Waals surface area contributed by atoms with E-state index in [1.807, 2.05) is 0 Å². The van der Waals surface area contributed by atoms with Crippen LogP contribution in [0.3, 0.4) is 0 Å². The third-order valence-electron chi connectivity index (χ3n) is 4.19. The van der Waals surface area contributed by atoms with Crippen molar-refractivity contribution < 1.29 is 0 Å². The second-order valence-corrected chi connectivity index (χ2v) is 5.53. The molecule has 0 aliphatic heterocycles. The van der Waals surface area contributed by atoms with Crippen molar-refractivity contribution in [2.24, 2.45) is 5.92 Å². The first-order valence-electron chi connectivity index (χ1n) is 7.28. The maximum absolute atomic E-state index is 2.41. The summed E-state index contributed by atoms with van der Waals surface area (Å²) in [7, 11) is 0. The molecule has 0 heteroatoms. The Morgan fingerprint density at radius 3 is 2.06 bits per heavy atom. The lowest BCUT2D eigenvalue weighted by atomic mass is 9.93. The van der Waals surface area contributed by atoms with E-state index in [2.05, 4.69) is 19.1 Å². The maximum atomic E-state index is 2.41. The van der Waals surface area contributed by atoms with Crippen LogP contribution in [0.15, 0.2) is 23.3 Å². The van der Waals surface area contributed by atoms with Gasteiger partial charge in [-0.05, 0) is 37.2 Å². The first-order chi connectivity index (χ1) is 7.88. The molecule has 2 aliphatic rings. The summed E-state index contributed by atoms with van der Waals surface area (Å²) in [5, 5.41) is 0. The molecule has 0 nitrogen and oxygen atoms in total. The Morgan fingerprint density at radius 1 is 0.812 bits per heavy atom. The van der Waals surface area contributed by atoms with Crippen LogP contribution in [0.2, 0.25) is 0 Å². The summed E-state index contributed by atoms with van der Waals surface area (Å²) in [6.07, 6.45) is 19.1. The molecular weight excluding hydrogens is 192 g/mol. The van der Waals surface area contributed by atoms with E-state index in [4.69, 9.17) is 0 Å². The highest BCUT2D eigenvalue weighted by atomic mass is 14.2. The predicted octanol–water partition coefficient (Wildman–Crippen LogP) is 5.40. The second kappa shape index (κ2) is 6.27. The fraction of sp³-hybridized carbons (Fsp3) is 0.750. The standard InChI is InChI=1S/C16H26/c1-14-12-13-15-10-8-6-4-2-3-5-7-9-11-16(14)15/h12-14H,2-11H2,1H3. The van der Waals surface area contributed by atoms with E-state index in [9.17, 15) is 0 Å². The Bertz CT molecular complexity index is 270. The first kappa shape index (κ1) is 12.0. The molecule has 0 aromatic heterocycles. The average Bonchev–Trinajstić information content (AvgIpc) is 2.60. The van der Waals surface area contributed by atoms with Gasteiger partial charge in [0.25, 0.3) is 0 Å². The van der Waals surface area contributed by atoms with Crippen LogP contribution in [0.4, 0.5) is 0 Å². The molecule has 16 heavy (non-hydrogen) atoms. The highest BCUT2D eigenvalue weighted by Crippen LogP contribution is 2.32. The van der Waals surface area contributed by atoms with Gasteiger partial charge in [0, 0.05) is 0 Å². The summed E-state index contributed by atoms with van der Waals surface area (Å²) >= 11 is 0. The van der Waals surface area contributed by atoms with Gasteiger partial charge in [-0.15, -0.1) is 0 Å². The molecule has 1 atom stereocenters. The molecule has 90 valence electrons. The van der Waals surface area contributed by atoms with Crippen LogP contribution in [0.25, 0.3) is 0 Å². The van der Waals surface area contributed by atoms with E-state index in [0.717, 1.165) is 5.92 Å². The summed E-state index contributed by atoms with van der Waals surface area (Å²) in [6.45, 7) is 2.37. The van der Waals surface area contributed by atoms with Gasteiger partial charge in [0.1, 0.15) is 0 Å². The molecule has 0 saturated carbocycles. The summed E-state index contributed by atoms with van der Waals surface area (Å²) < 4.78 is 0. The van der Waals surface area contributed by atoms with Crippen molar-refractivity contribution in [3.05, 3.63) is 23.3 Å². The number of allylic oxidation sites excluding steroid dienone is 4. The van der Waals surface area contributed by atoms with Gasteiger partial charge in [-0.25, -0.2) is 0 Å². The Morgan fingerprint density at radius 2 is 1.38 bits per heavy atom. The molecule has 0 fully saturated rings. The van der Waals surface area contributed by atoms with Crippen molar-refractivity contribution in [1.29, 1.82) is 0 Å². The second-order valence-electron chi connectivity index (χ2n) is 5.53. The fourth-order valence-corrected chi connectivity index (χ4v) is 3.10. The number of hydrogen-bond acceptors (Lipinski definition) is 0.